The number of nitrogens with zero attached hydrogens (tertiary/aromatic N) is 3. The molecule has 1 atom stereocenters. The second-order valence-corrected chi connectivity index (χ2v) is 10.5. The first kappa shape index (κ1) is 26.4. The number of esters is 1. The summed E-state index contributed by atoms with van der Waals surface area (Å²) in [7, 11) is 0. The quantitative estimate of drug-likeness (QED) is 0.369. The van der Waals surface area contributed by atoms with Crippen molar-refractivity contribution in [3.05, 3.63) is 123 Å². The number of aromatic nitrogens is 1. The maximum absolute atomic E-state index is 13.7. The number of amides is 1. The van der Waals surface area contributed by atoms with Crippen molar-refractivity contribution in [3.8, 4) is 0 Å². The van der Waals surface area contributed by atoms with Crippen LogP contribution in [0.25, 0.3) is 0 Å². The summed E-state index contributed by atoms with van der Waals surface area (Å²) in [5, 5.41) is 5.67. The molecule has 0 bridgehead atoms. The predicted molar refractivity (Wildman–Crippen MR) is 153 cm³/mol. The molecule has 198 valence electrons. The van der Waals surface area contributed by atoms with Gasteiger partial charge in [-0.05, 0) is 54.5 Å². The predicted octanol–water partition coefficient (Wildman–Crippen LogP) is 5.72. The fraction of sp³-hybridized carbons (Fsp3) is 0.226. The van der Waals surface area contributed by atoms with Crippen LogP contribution in [0.1, 0.15) is 47.2 Å². The zero-order chi connectivity index (χ0) is 27.4. The van der Waals surface area contributed by atoms with Crippen LogP contribution < -0.4 is 5.32 Å². The number of fused-ring (bicyclic) bond motifs is 1. The number of aliphatic imine (C=N–C) groups is 1. The molecule has 2 aliphatic rings. The maximum Gasteiger partial charge on any atom is 0.338 e. The van der Waals surface area contributed by atoms with Crippen molar-refractivity contribution >= 4 is 28.8 Å². The lowest BCUT2D eigenvalue weighted by Gasteiger charge is -2.37. The summed E-state index contributed by atoms with van der Waals surface area (Å²) in [6.07, 6.45) is 3.59. The second kappa shape index (κ2) is 11.7. The fourth-order valence-electron chi connectivity index (χ4n) is 4.71. The van der Waals surface area contributed by atoms with Gasteiger partial charge in [-0.25, -0.2) is 9.79 Å². The minimum absolute atomic E-state index is 0.119. The minimum Gasteiger partial charge on any atom is -0.457 e. The highest BCUT2D eigenvalue weighted by molar-refractivity contribution is 8.16. The van der Waals surface area contributed by atoms with Crippen LogP contribution in [0.2, 0.25) is 0 Å². The van der Waals surface area contributed by atoms with Gasteiger partial charge >= 0.3 is 5.97 Å². The van der Waals surface area contributed by atoms with E-state index >= 15 is 0 Å². The Balaban J connectivity index is 1.43. The normalized spacial score (nSPS) is 16.4. The first-order chi connectivity index (χ1) is 18.9. The average molecular weight is 539 g/mol. The van der Waals surface area contributed by atoms with Crippen LogP contribution in [0.5, 0.6) is 0 Å². The molecule has 0 unspecified atom stereocenters. The van der Waals surface area contributed by atoms with E-state index < -0.39 is 12.0 Å². The average Bonchev–Trinajstić information content (AvgIpc) is 3.34. The summed E-state index contributed by atoms with van der Waals surface area (Å²) < 4.78 is 5.81. The van der Waals surface area contributed by atoms with Crippen LogP contribution >= 0.6 is 11.8 Å². The molecule has 2 aromatic carbocycles. The van der Waals surface area contributed by atoms with Crippen molar-refractivity contribution in [1.29, 1.82) is 0 Å². The highest BCUT2D eigenvalue weighted by atomic mass is 32.2. The number of hydrogen-bond donors (Lipinski definition) is 1. The SMILES string of the molecule is CC1=C(C(=O)OCc2ccccc2)[C@@H](c2cc(C)ccc2C)N2C(CC(=O)NCc3cccnc3)=CSC2=N1. The number of aryl methyl sites for hydroxylation is 2. The van der Waals surface area contributed by atoms with Crippen molar-refractivity contribution in [2.75, 3.05) is 0 Å². The monoisotopic (exact) mass is 538 g/mol. The molecule has 8 heteroatoms. The van der Waals surface area contributed by atoms with Crippen molar-refractivity contribution in [2.24, 2.45) is 4.99 Å². The van der Waals surface area contributed by atoms with Gasteiger partial charge in [-0.1, -0.05) is 71.9 Å². The van der Waals surface area contributed by atoms with Gasteiger partial charge in [0.2, 0.25) is 5.91 Å². The summed E-state index contributed by atoms with van der Waals surface area (Å²) in [6, 6.07) is 19.1. The lowest BCUT2D eigenvalue weighted by molar-refractivity contribution is -0.141. The van der Waals surface area contributed by atoms with Gasteiger partial charge in [-0.2, -0.15) is 0 Å². The number of benzene rings is 2. The Bertz CT molecular complexity index is 1480. The van der Waals surface area contributed by atoms with E-state index in [0.29, 0.717) is 17.8 Å². The van der Waals surface area contributed by atoms with Crippen LogP contribution in [0.4, 0.5) is 0 Å². The van der Waals surface area contributed by atoms with Gasteiger partial charge in [0.25, 0.3) is 0 Å². The van der Waals surface area contributed by atoms with E-state index in [2.05, 4.69) is 28.5 Å². The number of nitrogens with one attached hydrogen (secondary N) is 1. The molecule has 3 aromatic rings. The van der Waals surface area contributed by atoms with E-state index in [9.17, 15) is 9.59 Å². The zero-order valence-corrected chi connectivity index (χ0v) is 23.0. The molecular formula is C31H30N4O3S. The molecule has 0 aliphatic carbocycles. The first-order valence-electron chi connectivity index (χ1n) is 12.8. The molecule has 1 N–H and O–H groups in total. The van der Waals surface area contributed by atoms with Crippen LogP contribution in [0, 0.1) is 13.8 Å². The number of ether oxygens (including phenoxy) is 1. The first-order valence-corrected chi connectivity index (χ1v) is 13.7. The second-order valence-electron chi connectivity index (χ2n) is 9.63. The minimum atomic E-state index is -0.465. The zero-order valence-electron chi connectivity index (χ0n) is 22.2. The number of hydrogen-bond acceptors (Lipinski definition) is 7. The van der Waals surface area contributed by atoms with Gasteiger partial charge in [0.1, 0.15) is 6.61 Å². The van der Waals surface area contributed by atoms with E-state index in [-0.39, 0.29) is 18.9 Å². The third kappa shape index (κ3) is 5.96. The van der Waals surface area contributed by atoms with Crippen LogP contribution in [-0.2, 0) is 27.5 Å². The largest absolute Gasteiger partial charge is 0.457 e. The molecule has 1 amide bonds. The third-order valence-corrected chi connectivity index (χ3v) is 7.61. The number of amidine groups is 1. The van der Waals surface area contributed by atoms with E-state index in [1.807, 2.05) is 73.5 Å². The summed E-state index contributed by atoms with van der Waals surface area (Å²) in [4.78, 5) is 37.5. The molecule has 0 radical (unpaired) electrons. The molecular weight excluding hydrogens is 508 g/mol. The topological polar surface area (TPSA) is 83.9 Å². The molecule has 5 rings (SSSR count). The molecule has 0 saturated carbocycles. The highest BCUT2D eigenvalue weighted by Gasteiger charge is 2.41. The van der Waals surface area contributed by atoms with Gasteiger partial charge in [0.15, 0.2) is 5.17 Å². The van der Waals surface area contributed by atoms with Crippen LogP contribution in [0.15, 0.2) is 100 Å². The molecule has 0 saturated heterocycles. The molecule has 7 nitrogen and oxygen atoms in total. The summed E-state index contributed by atoms with van der Waals surface area (Å²) in [5.74, 6) is -0.534. The summed E-state index contributed by atoms with van der Waals surface area (Å²) >= 11 is 1.46. The number of carbonyl (C=O) groups is 2. The van der Waals surface area contributed by atoms with E-state index in [0.717, 1.165) is 38.7 Å². The van der Waals surface area contributed by atoms with Gasteiger partial charge in [-0.15, -0.1) is 0 Å². The van der Waals surface area contributed by atoms with Crippen LogP contribution in [-0.4, -0.2) is 26.9 Å². The lowest BCUT2D eigenvalue weighted by Crippen LogP contribution is -2.38. The Hall–Kier alpha value is -4.17. The molecule has 39 heavy (non-hydrogen) atoms. The van der Waals surface area contributed by atoms with Crippen molar-refractivity contribution in [3.63, 3.8) is 0 Å². The van der Waals surface area contributed by atoms with E-state index in [1.165, 1.54) is 11.8 Å². The van der Waals surface area contributed by atoms with Crippen LogP contribution in [0.3, 0.4) is 0 Å². The third-order valence-electron chi connectivity index (χ3n) is 6.72. The van der Waals surface area contributed by atoms with E-state index in [4.69, 9.17) is 9.73 Å². The van der Waals surface area contributed by atoms with Gasteiger partial charge in [0.05, 0.1) is 23.7 Å². The Morgan fingerprint density at radius 3 is 2.59 bits per heavy atom. The Morgan fingerprint density at radius 1 is 1.03 bits per heavy atom. The fourth-order valence-corrected chi connectivity index (χ4v) is 5.67. The smallest absolute Gasteiger partial charge is 0.338 e. The summed E-state index contributed by atoms with van der Waals surface area (Å²) in [6.45, 7) is 6.48. The van der Waals surface area contributed by atoms with Gasteiger partial charge < -0.3 is 15.0 Å². The van der Waals surface area contributed by atoms with Crippen molar-refractivity contribution in [2.45, 2.75) is 46.4 Å². The number of thioether (sulfide) groups is 1. The molecule has 0 fully saturated rings. The van der Waals surface area contributed by atoms with Gasteiger partial charge in [-0.3, -0.25) is 9.78 Å². The number of pyridine rings is 1. The standard InChI is InChI=1S/C31H30N4O3S/c1-20-11-12-21(2)26(14-20)29-28(30(37)38-18-23-8-5-4-6-9-23)22(3)34-31-35(29)25(19-39-31)15-27(36)33-17-24-10-7-13-32-16-24/h4-14,16,19,29H,15,17-18H2,1-3H3,(H,33,36)/t29-/m1/s1. The number of carbonyl (C=O) groups excluding carboxylic acids is 2. The van der Waals surface area contributed by atoms with E-state index in [1.54, 1.807) is 12.4 Å². The molecule has 1 aromatic heterocycles. The molecule has 0 spiro atoms. The summed E-state index contributed by atoms with van der Waals surface area (Å²) in [5.41, 5.74) is 6.84. The number of rotatable bonds is 8. The molecule has 3 heterocycles. The lowest BCUT2D eigenvalue weighted by atomic mass is 9.90. The Labute approximate surface area is 232 Å². The van der Waals surface area contributed by atoms with Gasteiger partial charge in [0, 0.05) is 24.6 Å². The maximum atomic E-state index is 13.7. The van der Waals surface area contributed by atoms with Crippen molar-refractivity contribution < 1.29 is 14.3 Å². The molecule has 2 aliphatic heterocycles. The number of allylic oxidation sites excluding steroid dienone is 1. The Morgan fingerprint density at radius 2 is 1.82 bits per heavy atom. The Kier molecular flexibility index (Phi) is 7.93. The highest BCUT2D eigenvalue weighted by Crippen LogP contribution is 2.45. The van der Waals surface area contributed by atoms with Crippen molar-refractivity contribution in [1.82, 2.24) is 15.2 Å².